The minimum absolute atomic E-state index is 0.303. The van der Waals surface area contributed by atoms with Crippen molar-refractivity contribution in [1.29, 1.82) is 0 Å². The molecule has 0 radical (unpaired) electrons. The van der Waals surface area contributed by atoms with Gasteiger partial charge in [-0.3, -0.25) is 0 Å². The predicted octanol–water partition coefficient (Wildman–Crippen LogP) is 3.07. The Bertz CT molecular complexity index is 586. The second-order valence-electron chi connectivity index (χ2n) is 5.79. The van der Waals surface area contributed by atoms with Crippen molar-refractivity contribution in [2.24, 2.45) is 0 Å². The Morgan fingerprint density at radius 3 is 1.88 bits per heavy atom. The molecule has 2 rings (SSSR count). The Labute approximate surface area is 144 Å². The summed E-state index contributed by atoms with van der Waals surface area (Å²) in [6.07, 6.45) is 0. The summed E-state index contributed by atoms with van der Waals surface area (Å²) in [4.78, 5) is 15.0. The van der Waals surface area contributed by atoms with Crippen LogP contribution in [-0.2, 0) is 19.9 Å². The average molecular weight is 327 g/mol. The van der Waals surface area contributed by atoms with Gasteiger partial charge in [-0.25, -0.2) is 4.79 Å². The monoisotopic (exact) mass is 327 g/mol. The van der Waals surface area contributed by atoms with Crippen molar-refractivity contribution in [3.05, 3.63) is 71.8 Å². The van der Waals surface area contributed by atoms with Crippen LogP contribution in [0.4, 0.5) is 0 Å². The van der Waals surface area contributed by atoms with Gasteiger partial charge in [-0.2, -0.15) is 0 Å². The van der Waals surface area contributed by atoms with Gasteiger partial charge < -0.3 is 14.4 Å². The van der Waals surface area contributed by atoms with Crippen molar-refractivity contribution in [2.45, 2.75) is 12.5 Å². The highest BCUT2D eigenvalue weighted by Gasteiger charge is 2.44. The lowest BCUT2D eigenvalue weighted by Crippen LogP contribution is -2.43. The van der Waals surface area contributed by atoms with Gasteiger partial charge in [-0.15, -0.1) is 0 Å². The van der Waals surface area contributed by atoms with Crippen molar-refractivity contribution in [3.8, 4) is 0 Å². The van der Waals surface area contributed by atoms with Crippen LogP contribution in [0.1, 0.15) is 18.1 Å². The largest absolute Gasteiger partial charge is 0.463 e. The molecule has 0 heterocycles. The number of likely N-dealkylation sites (N-methyl/N-ethyl adjacent to an activating group) is 1. The van der Waals surface area contributed by atoms with Crippen LogP contribution in [0.5, 0.6) is 0 Å². The molecule has 128 valence electrons. The van der Waals surface area contributed by atoms with Gasteiger partial charge in [0.1, 0.15) is 0 Å². The molecule has 0 spiro atoms. The first-order valence-electron chi connectivity index (χ1n) is 8.18. The molecule has 0 aliphatic rings. The highest BCUT2D eigenvalue weighted by atomic mass is 16.6. The molecule has 0 saturated carbocycles. The first kappa shape index (κ1) is 18.2. The fourth-order valence-corrected chi connectivity index (χ4v) is 2.59. The van der Waals surface area contributed by atoms with Crippen molar-refractivity contribution in [1.82, 2.24) is 4.90 Å². The number of ether oxygens (including phenoxy) is 2. The van der Waals surface area contributed by atoms with E-state index in [1.54, 1.807) is 6.92 Å². The number of rotatable bonds is 8. The van der Waals surface area contributed by atoms with E-state index < -0.39 is 5.60 Å². The number of hydrogen-bond donors (Lipinski definition) is 0. The number of esters is 1. The van der Waals surface area contributed by atoms with Crippen molar-refractivity contribution < 1.29 is 14.3 Å². The predicted molar refractivity (Wildman–Crippen MR) is 94.8 cm³/mol. The molecule has 0 saturated heterocycles. The van der Waals surface area contributed by atoms with Gasteiger partial charge in [-0.05, 0) is 32.1 Å². The summed E-state index contributed by atoms with van der Waals surface area (Å²) in [6, 6.07) is 19.1. The molecule has 0 bridgehead atoms. The highest BCUT2D eigenvalue weighted by Crippen LogP contribution is 2.35. The normalized spacial score (nSPS) is 11.5. The topological polar surface area (TPSA) is 38.8 Å². The molecule has 0 aliphatic carbocycles. The van der Waals surface area contributed by atoms with E-state index in [1.807, 2.05) is 79.7 Å². The molecule has 2 aromatic carbocycles. The van der Waals surface area contributed by atoms with E-state index in [9.17, 15) is 4.79 Å². The molecular formula is C20H25NO3. The maximum Gasteiger partial charge on any atom is 0.347 e. The van der Waals surface area contributed by atoms with Gasteiger partial charge in [0.2, 0.25) is 5.60 Å². The van der Waals surface area contributed by atoms with E-state index in [2.05, 4.69) is 0 Å². The number of carbonyl (C=O) groups is 1. The molecule has 0 N–H and O–H groups in total. The van der Waals surface area contributed by atoms with Gasteiger partial charge in [0, 0.05) is 6.54 Å². The molecule has 24 heavy (non-hydrogen) atoms. The minimum atomic E-state index is -1.26. The standard InChI is InChI=1S/C20H25NO3/c1-4-23-19(22)20(24-16-15-21(2)3,17-11-7-5-8-12-17)18-13-9-6-10-14-18/h5-14H,4,15-16H2,1-3H3. The van der Waals surface area contributed by atoms with Gasteiger partial charge in [0.15, 0.2) is 0 Å². The minimum Gasteiger partial charge on any atom is -0.463 e. The second kappa shape index (κ2) is 8.62. The van der Waals surface area contributed by atoms with Crippen molar-refractivity contribution in [2.75, 3.05) is 33.9 Å². The zero-order valence-electron chi connectivity index (χ0n) is 14.6. The van der Waals surface area contributed by atoms with E-state index in [0.717, 1.165) is 11.1 Å². The fraction of sp³-hybridized carbons (Fsp3) is 0.350. The summed E-state index contributed by atoms with van der Waals surface area (Å²) < 4.78 is 11.6. The molecule has 0 unspecified atom stereocenters. The van der Waals surface area contributed by atoms with E-state index >= 15 is 0 Å². The quantitative estimate of drug-likeness (QED) is 0.699. The van der Waals surface area contributed by atoms with E-state index in [1.165, 1.54) is 0 Å². The summed E-state index contributed by atoms with van der Waals surface area (Å²) in [5, 5.41) is 0. The first-order chi connectivity index (χ1) is 11.6. The molecule has 2 aromatic rings. The molecule has 0 fully saturated rings. The Kier molecular flexibility index (Phi) is 6.53. The lowest BCUT2D eigenvalue weighted by Gasteiger charge is -2.33. The number of nitrogens with zero attached hydrogens (tertiary/aromatic N) is 1. The zero-order chi connectivity index (χ0) is 17.4. The summed E-state index contributed by atoms with van der Waals surface area (Å²) in [5.74, 6) is -0.388. The van der Waals surface area contributed by atoms with E-state index in [4.69, 9.17) is 9.47 Å². The molecule has 4 heteroatoms. The fourth-order valence-electron chi connectivity index (χ4n) is 2.59. The van der Waals surface area contributed by atoms with Gasteiger partial charge in [0.25, 0.3) is 0 Å². The van der Waals surface area contributed by atoms with E-state index in [0.29, 0.717) is 19.8 Å². The van der Waals surface area contributed by atoms with Crippen molar-refractivity contribution >= 4 is 5.97 Å². The van der Waals surface area contributed by atoms with Gasteiger partial charge >= 0.3 is 5.97 Å². The van der Waals surface area contributed by atoms with Crippen LogP contribution < -0.4 is 0 Å². The third kappa shape index (κ3) is 4.02. The summed E-state index contributed by atoms with van der Waals surface area (Å²) in [6.45, 7) is 3.23. The number of hydrogen-bond acceptors (Lipinski definition) is 4. The SMILES string of the molecule is CCOC(=O)C(OCCN(C)C)(c1ccccc1)c1ccccc1. The first-order valence-corrected chi connectivity index (χ1v) is 8.18. The van der Waals surface area contributed by atoms with E-state index in [-0.39, 0.29) is 5.97 Å². The molecule has 0 amide bonds. The Morgan fingerprint density at radius 1 is 0.958 bits per heavy atom. The van der Waals surface area contributed by atoms with Crippen molar-refractivity contribution in [3.63, 3.8) is 0 Å². The molecule has 0 aliphatic heterocycles. The molecule has 0 aromatic heterocycles. The molecule has 0 atom stereocenters. The van der Waals surface area contributed by atoms with Crippen LogP contribution in [-0.4, -0.2) is 44.7 Å². The van der Waals surface area contributed by atoms with Crippen LogP contribution in [0.2, 0.25) is 0 Å². The van der Waals surface area contributed by atoms with Crippen LogP contribution >= 0.6 is 0 Å². The summed E-state index contributed by atoms with van der Waals surface area (Å²) in [5.41, 5.74) is 0.288. The third-order valence-corrected chi connectivity index (χ3v) is 3.78. The third-order valence-electron chi connectivity index (χ3n) is 3.78. The number of benzene rings is 2. The smallest absolute Gasteiger partial charge is 0.347 e. The maximum atomic E-state index is 13.0. The molecule has 4 nitrogen and oxygen atoms in total. The highest BCUT2D eigenvalue weighted by molar-refractivity contribution is 5.85. The lowest BCUT2D eigenvalue weighted by molar-refractivity contribution is -0.168. The van der Waals surface area contributed by atoms with Crippen LogP contribution in [0.25, 0.3) is 0 Å². The van der Waals surface area contributed by atoms with Gasteiger partial charge in [-0.1, -0.05) is 60.7 Å². The molecular weight excluding hydrogens is 302 g/mol. The van der Waals surface area contributed by atoms with Crippen LogP contribution in [0.3, 0.4) is 0 Å². The average Bonchev–Trinajstić information content (AvgIpc) is 2.60. The Balaban J connectivity index is 2.52. The van der Waals surface area contributed by atoms with Gasteiger partial charge in [0.05, 0.1) is 13.2 Å². The number of carbonyl (C=O) groups excluding carboxylic acids is 1. The summed E-state index contributed by atoms with van der Waals surface area (Å²) in [7, 11) is 3.95. The van der Waals surface area contributed by atoms with Crippen LogP contribution in [0.15, 0.2) is 60.7 Å². The second-order valence-corrected chi connectivity index (χ2v) is 5.79. The lowest BCUT2D eigenvalue weighted by atomic mass is 9.86. The maximum absolute atomic E-state index is 13.0. The zero-order valence-corrected chi connectivity index (χ0v) is 14.6. The Morgan fingerprint density at radius 2 is 1.46 bits per heavy atom. The summed E-state index contributed by atoms with van der Waals surface area (Å²) >= 11 is 0. The van der Waals surface area contributed by atoms with Crippen LogP contribution in [0, 0.1) is 0 Å². The Hall–Kier alpha value is -2.17.